The fourth-order valence-electron chi connectivity index (χ4n) is 3.78. The number of allylic oxidation sites excluding steroid dienone is 1. The summed E-state index contributed by atoms with van der Waals surface area (Å²) < 4.78 is 20.5. The molecule has 1 amide bonds. The minimum atomic E-state index is -0.701. The van der Waals surface area contributed by atoms with E-state index in [-0.39, 0.29) is 29.2 Å². The lowest BCUT2D eigenvalue weighted by atomic mass is 10.0. The third kappa shape index (κ3) is 5.08. The van der Waals surface area contributed by atoms with Crippen LogP contribution in [0.5, 0.6) is 0 Å². The fraction of sp³-hybridized carbons (Fsp3) is 0.409. The third-order valence-electron chi connectivity index (χ3n) is 5.57. The smallest absolute Gasteiger partial charge is 0.219 e. The van der Waals surface area contributed by atoms with Crippen molar-refractivity contribution in [3.63, 3.8) is 0 Å². The Morgan fingerprint density at radius 3 is 2.81 bits per heavy atom. The number of aliphatic imine (C=N–C) groups is 2. The van der Waals surface area contributed by atoms with Gasteiger partial charge < -0.3 is 32.2 Å². The number of hydrogen-bond acceptors (Lipinski definition) is 7. The van der Waals surface area contributed by atoms with Gasteiger partial charge in [-0.05, 0) is 18.6 Å². The maximum atomic E-state index is 15.0. The summed E-state index contributed by atoms with van der Waals surface area (Å²) >= 11 is 0. The Labute approximate surface area is 186 Å². The van der Waals surface area contributed by atoms with Gasteiger partial charge in [0.05, 0.1) is 24.9 Å². The first-order valence-corrected chi connectivity index (χ1v) is 10.4. The maximum Gasteiger partial charge on any atom is 0.219 e. The van der Waals surface area contributed by atoms with Gasteiger partial charge in [0.2, 0.25) is 5.91 Å². The standard InChI is InChI=1S/C22H30FN7O2/c1-13(31)30-7-5-18(28-15-6-8-32-12-15)17(11-30)22(26)29-19-4-3-16(21(25)20(19)23)14(9-24)10-27-2/h3-4,9-10,15,28H,5-8,11-12,24-25H2,1-2H3,(H2,26,29). The van der Waals surface area contributed by atoms with Gasteiger partial charge in [0, 0.05) is 68.4 Å². The van der Waals surface area contributed by atoms with E-state index in [9.17, 15) is 4.79 Å². The minimum Gasteiger partial charge on any atom is -0.404 e. The Bertz CT molecular complexity index is 994. The van der Waals surface area contributed by atoms with Gasteiger partial charge in [-0.15, -0.1) is 0 Å². The Morgan fingerprint density at radius 1 is 1.41 bits per heavy atom. The van der Waals surface area contributed by atoms with Crippen molar-refractivity contribution in [2.75, 3.05) is 39.1 Å². The number of nitrogens with two attached hydrogens (primary N) is 3. The van der Waals surface area contributed by atoms with Crippen LogP contribution in [0, 0.1) is 5.82 Å². The van der Waals surface area contributed by atoms with Crippen molar-refractivity contribution < 1.29 is 13.9 Å². The summed E-state index contributed by atoms with van der Waals surface area (Å²) in [7, 11) is 1.58. The third-order valence-corrected chi connectivity index (χ3v) is 5.57. The number of halogens is 1. The molecule has 1 saturated heterocycles. The molecule has 32 heavy (non-hydrogen) atoms. The first-order valence-electron chi connectivity index (χ1n) is 10.4. The SMILES string of the molecule is CN=CC(=CN)c1ccc(N=C(N)C2=C(NC3CCOC3)CCN(C(C)=O)C2)c(F)c1N. The molecule has 0 radical (unpaired) electrons. The van der Waals surface area contributed by atoms with Crippen molar-refractivity contribution in [3.8, 4) is 0 Å². The van der Waals surface area contributed by atoms with E-state index in [2.05, 4.69) is 15.3 Å². The summed E-state index contributed by atoms with van der Waals surface area (Å²) in [5.74, 6) is -0.627. The topological polar surface area (TPSA) is 144 Å². The Kier molecular flexibility index (Phi) is 7.47. The van der Waals surface area contributed by atoms with Crippen molar-refractivity contribution in [2.24, 2.45) is 21.5 Å². The van der Waals surface area contributed by atoms with Crippen LogP contribution in [0.1, 0.15) is 25.3 Å². The number of rotatable bonds is 6. The molecule has 0 spiro atoms. The molecule has 0 saturated carbocycles. The summed E-state index contributed by atoms with van der Waals surface area (Å²) in [5, 5.41) is 3.47. The molecular formula is C22H30FN7O2. The van der Waals surface area contributed by atoms with Crippen molar-refractivity contribution in [1.29, 1.82) is 0 Å². The highest BCUT2D eigenvalue weighted by molar-refractivity contribution is 6.11. The molecule has 1 fully saturated rings. The molecule has 2 aliphatic rings. The van der Waals surface area contributed by atoms with Crippen LogP contribution >= 0.6 is 0 Å². The lowest BCUT2D eigenvalue weighted by molar-refractivity contribution is -0.128. The van der Waals surface area contributed by atoms with Crippen molar-refractivity contribution in [2.45, 2.75) is 25.8 Å². The Hall–Kier alpha value is -3.40. The van der Waals surface area contributed by atoms with Gasteiger partial charge in [0.25, 0.3) is 0 Å². The fourth-order valence-corrected chi connectivity index (χ4v) is 3.78. The van der Waals surface area contributed by atoms with Gasteiger partial charge in [-0.3, -0.25) is 9.79 Å². The molecule has 1 aromatic carbocycles. The summed E-state index contributed by atoms with van der Waals surface area (Å²) in [6.45, 7) is 3.68. The maximum absolute atomic E-state index is 15.0. The molecule has 1 unspecified atom stereocenters. The average Bonchev–Trinajstić information content (AvgIpc) is 3.29. The van der Waals surface area contributed by atoms with E-state index >= 15 is 4.39 Å². The van der Waals surface area contributed by atoms with Crippen LogP contribution in [0.25, 0.3) is 5.57 Å². The molecule has 0 aliphatic carbocycles. The zero-order valence-electron chi connectivity index (χ0n) is 18.4. The van der Waals surface area contributed by atoms with Gasteiger partial charge in [0.1, 0.15) is 11.5 Å². The highest BCUT2D eigenvalue weighted by atomic mass is 19.1. The van der Waals surface area contributed by atoms with E-state index in [1.54, 1.807) is 18.0 Å². The predicted octanol–water partition coefficient (Wildman–Crippen LogP) is 1.28. The van der Waals surface area contributed by atoms with E-state index in [1.165, 1.54) is 25.4 Å². The minimum absolute atomic E-state index is 0.00422. The zero-order chi connectivity index (χ0) is 23.3. The quantitative estimate of drug-likeness (QED) is 0.296. The van der Waals surface area contributed by atoms with Crippen LogP contribution in [0.2, 0.25) is 0 Å². The molecule has 1 aromatic rings. The largest absolute Gasteiger partial charge is 0.404 e. The summed E-state index contributed by atoms with van der Waals surface area (Å²) in [4.78, 5) is 21.8. The summed E-state index contributed by atoms with van der Waals surface area (Å²) in [5.41, 5.74) is 20.3. The molecule has 0 bridgehead atoms. The van der Waals surface area contributed by atoms with E-state index in [0.717, 1.165) is 12.1 Å². The molecule has 9 nitrogen and oxygen atoms in total. The number of carbonyl (C=O) groups excluding carboxylic acids is 1. The molecule has 172 valence electrons. The molecule has 3 rings (SSSR count). The molecular weight excluding hydrogens is 413 g/mol. The highest BCUT2D eigenvalue weighted by Gasteiger charge is 2.26. The van der Waals surface area contributed by atoms with E-state index in [0.29, 0.717) is 49.4 Å². The second-order valence-corrected chi connectivity index (χ2v) is 7.72. The summed E-state index contributed by atoms with van der Waals surface area (Å²) in [6, 6.07) is 3.28. The lowest BCUT2D eigenvalue weighted by Crippen LogP contribution is -2.43. The van der Waals surface area contributed by atoms with Crippen LogP contribution in [-0.4, -0.2) is 62.3 Å². The van der Waals surface area contributed by atoms with Crippen LogP contribution in [0.4, 0.5) is 15.8 Å². The van der Waals surface area contributed by atoms with Gasteiger partial charge in [-0.25, -0.2) is 9.38 Å². The van der Waals surface area contributed by atoms with E-state index in [4.69, 9.17) is 21.9 Å². The van der Waals surface area contributed by atoms with Crippen LogP contribution < -0.4 is 22.5 Å². The molecule has 2 aliphatic heterocycles. The van der Waals surface area contributed by atoms with Gasteiger partial charge in [-0.2, -0.15) is 0 Å². The van der Waals surface area contributed by atoms with Crippen molar-refractivity contribution >= 4 is 34.9 Å². The van der Waals surface area contributed by atoms with Crippen molar-refractivity contribution in [1.82, 2.24) is 10.2 Å². The molecule has 1 atom stereocenters. The second kappa shape index (κ2) is 10.3. The number of amidine groups is 1. The number of nitrogen functional groups attached to an aromatic ring is 1. The van der Waals surface area contributed by atoms with Gasteiger partial charge in [0.15, 0.2) is 5.82 Å². The van der Waals surface area contributed by atoms with E-state index < -0.39 is 5.82 Å². The monoisotopic (exact) mass is 443 g/mol. The summed E-state index contributed by atoms with van der Waals surface area (Å²) in [6.07, 6.45) is 4.29. The highest BCUT2D eigenvalue weighted by Crippen LogP contribution is 2.30. The van der Waals surface area contributed by atoms with Gasteiger partial charge >= 0.3 is 0 Å². The van der Waals surface area contributed by atoms with Crippen molar-refractivity contribution in [3.05, 3.63) is 41.0 Å². The first kappa shape index (κ1) is 23.3. The molecule has 10 heteroatoms. The number of nitrogens with one attached hydrogen (secondary N) is 1. The molecule has 0 aromatic heterocycles. The Morgan fingerprint density at radius 2 is 2.19 bits per heavy atom. The number of ether oxygens (including phenoxy) is 1. The van der Waals surface area contributed by atoms with Crippen LogP contribution in [0.15, 0.2) is 39.6 Å². The lowest BCUT2D eigenvalue weighted by Gasteiger charge is -2.31. The number of amides is 1. The predicted molar refractivity (Wildman–Crippen MR) is 125 cm³/mol. The van der Waals surface area contributed by atoms with E-state index in [1.807, 2.05) is 0 Å². The zero-order valence-corrected chi connectivity index (χ0v) is 18.4. The number of benzene rings is 1. The number of anilines is 1. The number of carbonyl (C=O) groups is 1. The number of nitrogens with zero attached hydrogens (tertiary/aromatic N) is 3. The first-order chi connectivity index (χ1) is 15.3. The van der Waals surface area contributed by atoms with Gasteiger partial charge in [-0.1, -0.05) is 0 Å². The average molecular weight is 444 g/mol. The normalized spacial score (nSPS) is 20.3. The van der Waals surface area contributed by atoms with Crippen LogP contribution in [-0.2, 0) is 9.53 Å². The molecule has 2 heterocycles. The number of hydrogen-bond donors (Lipinski definition) is 4. The Balaban J connectivity index is 1.97. The molecule has 7 N–H and O–H groups in total. The van der Waals surface area contributed by atoms with Crippen LogP contribution in [0.3, 0.4) is 0 Å². The second-order valence-electron chi connectivity index (χ2n) is 7.72.